The van der Waals surface area contributed by atoms with Gasteiger partial charge in [0.1, 0.15) is 18.1 Å². The zero-order valence-electron chi connectivity index (χ0n) is 19.2. The molecule has 1 aliphatic carbocycles. The maximum absolute atomic E-state index is 12.4. The Morgan fingerprint density at radius 3 is 2.30 bits per heavy atom. The van der Waals surface area contributed by atoms with Crippen molar-refractivity contribution in [2.24, 2.45) is 5.92 Å². The molecule has 3 aromatic rings. The summed E-state index contributed by atoms with van der Waals surface area (Å²) in [6.07, 6.45) is 1.84. The normalized spacial score (nSPS) is 12.7. The first-order valence-corrected chi connectivity index (χ1v) is 11.1. The molecular weight excluding hydrogens is 418 g/mol. The lowest BCUT2D eigenvalue weighted by Crippen LogP contribution is -2.28. The minimum atomic E-state index is -0.472. The molecule has 0 spiro atoms. The molecule has 6 nitrogen and oxygen atoms in total. The number of rotatable bonds is 9. The second kappa shape index (κ2) is 10.3. The van der Waals surface area contributed by atoms with Crippen molar-refractivity contribution < 1.29 is 23.7 Å². The summed E-state index contributed by atoms with van der Waals surface area (Å²) in [4.78, 5) is 12.4. The molecule has 3 aromatic carbocycles. The Bertz CT molecular complexity index is 1110. The second-order valence-corrected chi connectivity index (χ2v) is 8.19. The zero-order chi connectivity index (χ0) is 23.2. The molecule has 4 rings (SSSR count). The third kappa shape index (κ3) is 5.98. The number of amides is 1. The van der Waals surface area contributed by atoms with Crippen LogP contribution in [0.15, 0.2) is 60.7 Å². The average molecular weight is 448 g/mol. The highest BCUT2D eigenvalue weighted by Crippen LogP contribution is 2.36. The lowest BCUT2D eigenvalue weighted by molar-refractivity contribution is 0.196. The molecule has 1 amide bonds. The fourth-order valence-electron chi connectivity index (χ4n) is 3.53. The standard InChI is InChI=1S/C27H29NO5/c1-18-14-23(31-3)11-12-24(18)21-8-13-25(32-17-20-6-9-22(30-2)10-7-20)26(15-21)33-27(29)28-16-19-4-5-19/h6-15,19H,4-5,16-17H2,1-3H3,(H,28,29). The Morgan fingerprint density at radius 2 is 1.64 bits per heavy atom. The van der Waals surface area contributed by atoms with Gasteiger partial charge in [0, 0.05) is 6.54 Å². The van der Waals surface area contributed by atoms with Crippen LogP contribution in [0.2, 0.25) is 0 Å². The van der Waals surface area contributed by atoms with E-state index >= 15 is 0 Å². The van der Waals surface area contributed by atoms with Crippen LogP contribution in [-0.2, 0) is 6.61 Å². The highest BCUT2D eigenvalue weighted by molar-refractivity contribution is 5.75. The molecular formula is C27H29NO5. The maximum Gasteiger partial charge on any atom is 0.412 e. The van der Waals surface area contributed by atoms with Crippen LogP contribution in [-0.4, -0.2) is 26.9 Å². The van der Waals surface area contributed by atoms with Crippen LogP contribution in [0.1, 0.15) is 24.0 Å². The van der Waals surface area contributed by atoms with Crippen LogP contribution in [0.4, 0.5) is 4.79 Å². The van der Waals surface area contributed by atoms with Crippen LogP contribution < -0.4 is 24.3 Å². The fraction of sp³-hybridized carbons (Fsp3) is 0.296. The third-order valence-electron chi connectivity index (χ3n) is 5.68. The highest BCUT2D eigenvalue weighted by Gasteiger charge is 2.22. The fourth-order valence-corrected chi connectivity index (χ4v) is 3.53. The van der Waals surface area contributed by atoms with Crippen molar-refractivity contribution in [1.82, 2.24) is 5.32 Å². The first kappa shape index (κ1) is 22.5. The quantitative estimate of drug-likeness (QED) is 0.452. The topological polar surface area (TPSA) is 66.0 Å². The molecule has 1 aliphatic rings. The Hall–Kier alpha value is -3.67. The van der Waals surface area contributed by atoms with Crippen molar-refractivity contribution in [3.05, 3.63) is 71.8 Å². The number of nitrogens with one attached hydrogen (secondary N) is 1. The smallest absolute Gasteiger partial charge is 0.412 e. The van der Waals surface area contributed by atoms with Crippen molar-refractivity contribution in [3.8, 4) is 34.1 Å². The van der Waals surface area contributed by atoms with Gasteiger partial charge in [0.15, 0.2) is 11.5 Å². The molecule has 172 valence electrons. The molecule has 0 aliphatic heterocycles. The molecule has 0 heterocycles. The number of hydrogen-bond donors (Lipinski definition) is 1. The van der Waals surface area contributed by atoms with E-state index < -0.39 is 6.09 Å². The van der Waals surface area contributed by atoms with E-state index in [0.29, 0.717) is 30.6 Å². The molecule has 0 aromatic heterocycles. The van der Waals surface area contributed by atoms with Gasteiger partial charge in [0.2, 0.25) is 0 Å². The van der Waals surface area contributed by atoms with E-state index in [4.69, 9.17) is 18.9 Å². The SMILES string of the molecule is COc1ccc(COc2ccc(-c3ccc(OC)cc3C)cc2OC(=O)NCC2CC2)cc1. The molecule has 0 bridgehead atoms. The molecule has 1 N–H and O–H groups in total. The third-order valence-corrected chi connectivity index (χ3v) is 5.68. The number of hydrogen-bond acceptors (Lipinski definition) is 5. The molecule has 0 radical (unpaired) electrons. The van der Waals surface area contributed by atoms with E-state index in [9.17, 15) is 4.79 Å². The van der Waals surface area contributed by atoms with Crippen LogP contribution in [0.5, 0.6) is 23.0 Å². The van der Waals surface area contributed by atoms with Crippen LogP contribution >= 0.6 is 0 Å². The summed E-state index contributed by atoms with van der Waals surface area (Å²) in [5.74, 6) is 3.03. The van der Waals surface area contributed by atoms with Crippen molar-refractivity contribution in [3.63, 3.8) is 0 Å². The van der Waals surface area contributed by atoms with E-state index in [1.54, 1.807) is 14.2 Å². The Morgan fingerprint density at radius 1 is 0.909 bits per heavy atom. The van der Waals surface area contributed by atoms with Gasteiger partial charge in [-0.1, -0.05) is 24.3 Å². The van der Waals surface area contributed by atoms with Crippen molar-refractivity contribution in [2.45, 2.75) is 26.4 Å². The predicted molar refractivity (Wildman–Crippen MR) is 127 cm³/mol. The molecule has 1 fully saturated rings. The zero-order valence-corrected chi connectivity index (χ0v) is 19.2. The van der Waals surface area contributed by atoms with Gasteiger partial charge in [-0.15, -0.1) is 0 Å². The number of carbonyl (C=O) groups excluding carboxylic acids is 1. The van der Waals surface area contributed by atoms with Gasteiger partial charge in [-0.2, -0.15) is 0 Å². The van der Waals surface area contributed by atoms with Gasteiger partial charge >= 0.3 is 6.09 Å². The molecule has 0 saturated heterocycles. The van der Waals surface area contributed by atoms with E-state index in [-0.39, 0.29) is 0 Å². The van der Waals surface area contributed by atoms with Crippen LogP contribution in [0, 0.1) is 12.8 Å². The van der Waals surface area contributed by atoms with Crippen LogP contribution in [0.25, 0.3) is 11.1 Å². The summed E-state index contributed by atoms with van der Waals surface area (Å²) in [5, 5.41) is 2.85. The van der Waals surface area contributed by atoms with Crippen molar-refractivity contribution >= 4 is 6.09 Å². The number of benzene rings is 3. The summed E-state index contributed by atoms with van der Waals surface area (Å²) >= 11 is 0. The van der Waals surface area contributed by atoms with E-state index in [1.807, 2.05) is 67.6 Å². The Kier molecular flexibility index (Phi) is 7.03. The molecule has 1 saturated carbocycles. The predicted octanol–water partition coefficient (Wildman–Crippen LogP) is 5.76. The molecule has 6 heteroatoms. The van der Waals surface area contributed by atoms with Gasteiger partial charge in [0.25, 0.3) is 0 Å². The number of aryl methyl sites for hydroxylation is 1. The van der Waals surface area contributed by atoms with E-state index in [0.717, 1.165) is 46.6 Å². The summed E-state index contributed by atoms with van der Waals surface area (Å²) in [7, 11) is 3.28. The average Bonchev–Trinajstić information content (AvgIpc) is 3.67. The van der Waals surface area contributed by atoms with E-state index in [1.165, 1.54) is 0 Å². The summed E-state index contributed by atoms with van der Waals surface area (Å²) in [6.45, 7) is 3.00. The number of ether oxygens (including phenoxy) is 4. The lowest BCUT2D eigenvalue weighted by atomic mass is 10.00. The number of methoxy groups -OCH3 is 2. The molecule has 0 atom stereocenters. The highest BCUT2D eigenvalue weighted by atomic mass is 16.6. The molecule has 33 heavy (non-hydrogen) atoms. The minimum Gasteiger partial charge on any atom is -0.497 e. The van der Waals surface area contributed by atoms with Gasteiger partial charge in [0.05, 0.1) is 14.2 Å². The monoisotopic (exact) mass is 447 g/mol. The molecule has 0 unspecified atom stereocenters. The van der Waals surface area contributed by atoms with Gasteiger partial charge in [-0.3, -0.25) is 0 Å². The Balaban J connectivity index is 1.56. The van der Waals surface area contributed by atoms with Gasteiger partial charge in [-0.05, 0) is 84.3 Å². The Labute approximate surface area is 194 Å². The summed E-state index contributed by atoms with van der Waals surface area (Å²) in [5.41, 5.74) is 4.00. The first-order valence-electron chi connectivity index (χ1n) is 11.1. The van der Waals surface area contributed by atoms with Gasteiger partial charge < -0.3 is 24.3 Å². The lowest BCUT2D eigenvalue weighted by Gasteiger charge is -2.15. The van der Waals surface area contributed by atoms with E-state index in [2.05, 4.69) is 5.32 Å². The largest absolute Gasteiger partial charge is 0.497 e. The maximum atomic E-state index is 12.4. The van der Waals surface area contributed by atoms with Crippen molar-refractivity contribution in [1.29, 1.82) is 0 Å². The van der Waals surface area contributed by atoms with Crippen molar-refractivity contribution in [2.75, 3.05) is 20.8 Å². The second-order valence-electron chi connectivity index (χ2n) is 8.19. The van der Waals surface area contributed by atoms with Gasteiger partial charge in [-0.25, -0.2) is 4.79 Å². The number of carbonyl (C=O) groups is 1. The minimum absolute atomic E-state index is 0.338. The van der Waals surface area contributed by atoms with Crippen LogP contribution in [0.3, 0.4) is 0 Å². The first-order chi connectivity index (χ1) is 16.1. The summed E-state index contributed by atoms with van der Waals surface area (Å²) < 4.78 is 22.2. The summed E-state index contributed by atoms with van der Waals surface area (Å²) in [6, 6.07) is 19.2.